The molecule has 2 nitrogen and oxygen atoms in total. The van der Waals surface area contributed by atoms with Gasteiger partial charge in [-0.2, -0.15) is 0 Å². The smallest absolute Gasteiger partial charge is 0.185 e. The third-order valence-electron chi connectivity index (χ3n) is 2.47. The van der Waals surface area contributed by atoms with Crippen molar-refractivity contribution in [2.45, 2.75) is 0 Å². The van der Waals surface area contributed by atoms with Crippen molar-refractivity contribution in [3.05, 3.63) is 70.2 Å². The van der Waals surface area contributed by atoms with E-state index in [1.54, 1.807) is 36.4 Å². The molecule has 18 heavy (non-hydrogen) atoms. The maximum atomic E-state index is 11.9. The molecule has 0 amide bonds. The van der Waals surface area contributed by atoms with Gasteiger partial charge in [-0.05, 0) is 48.0 Å². The van der Waals surface area contributed by atoms with Crippen molar-refractivity contribution in [2.24, 2.45) is 0 Å². The van der Waals surface area contributed by atoms with E-state index in [9.17, 15) is 4.79 Å². The van der Waals surface area contributed by atoms with Crippen molar-refractivity contribution in [3.8, 4) is 0 Å². The van der Waals surface area contributed by atoms with Crippen LogP contribution in [0.2, 0.25) is 0 Å². The minimum atomic E-state index is -0.0324. The fourth-order valence-electron chi connectivity index (χ4n) is 1.53. The highest BCUT2D eigenvalue weighted by molar-refractivity contribution is 9.10. The number of hydrogen-bond donors (Lipinski definition) is 1. The molecule has 0 fully saturated rings. The van der Waals surface area contributed by atoms with Gasteiger partial charge in [0.15, 0.2) is 5.78 Å². The van der Waals surface area contributed by atoms with Crippen molar-refractivity contribution in [1.82, 2.24) is 0 Å². The first-order chi connectivity index (χ1) is 8.65. The largest absolute Gasteiger partial charge is 0.399 e. The van der Waals surface area contributed by atoms with Gasteiger partial charge in [-0.3, -0.25) is 4.79 Å². The fourth-order valence-corrected chi connectivity index (χ4v) is 1.94. The summed E-state index contributed by atoms with van der Waals surface area (Å²) in [4.78, 5) is 11.9. The van der Waals surface area contributed by atoms with Crippen LogP contribution in [0.15, 0.2) is 59.1 Å². The minimum absolute atomic E-state index is 0.0324. The molecular formula is C15H12BrNO. The molecule has 0 aliphatic heterocycles. The number of anilines is 1. The van der Waals surface area contributed by atoms with Gasteiger partial charge in [-0.25, -0.2) is 0 Å². The third kappa shape index (κ3) is 3.31. The second-order valence-electron chi connectivity index (χ2n) is 3.87. The number of halogens is 1. The quantitative estimate of drug-likeness (QED) is 0.530. The summed E-state index contributed by atoms with van der Waals surface area (Å²) in [5.41, 5.74) is 7.84. The summed E-state index contributed by atoms with van der Waals surface area (Å²) in [7, 11) is 0. The summed E-state index contributed by atoms with van der Waals surface area (Å²) in [6.45, 7) is 0. The Labute approximate surface area is 114 Å². The number of hydrogen-bond acceptors (Lipinski definition) is 2. The number of rotatable bonds is 3. The van der Waals surface area contributed by atoms with Crippen molar-refractivity contribution >= 4 is 33.5 Å². The number of ketones is 1. The van der Waals surface area contributed by atoms with Crippen LogP contribution in [0, 0.1) is 0 Å². The molecule has 2 aromatic rings. The van der Waals surface area contributed by atoms with E-state index in [4.69, 9.17) is 5.73 Å². The van der Waals surface area contributed by atoms with E-state index < -0.39 is 0 Å². The standard InChI is InChI=1S/C15H12BrNO/c16-13-3-1-2-11(10-13)4-9-15(18)12-5-7-14(17)8-6-12/h1-10H,17H2. The SMILES string of the molecule is Nc1ccc(C(=O)C=Cc2cccc(Br)c2)cc1. The van der Waals surface area contributed by atoms with Crippen LogP contribution in [0.1, 0.15) is 15.9 Å². The highest BCUT2D eigenvalue weighted by Gasteiger charge is 2.00. The molecule has 0 bridgehead atoms. The molecule has 0 aromatic heterocycles. The number of carbonyl (C=O) groups excluding carboxylic acids is 1. The van der Waals surface area contributed by atoms with Gasteiger partial charge in [-0.1, -0.05) is 34.1 Å². The highest BCUT2D eigenvalue weighted by Crippen LogP contribution is 2.13. The molecule has 0 aliphatic carbocycles. The summed E-state index contributed by atoms with van der Waals surface area (Å²) in [5, 5.41) is 0. The minimum Gasteiger partial charge on any atom is -0.399 e. The van der Waals surface area contributed by atoms with Crippen molar-refractivity contribution < 1.29 is 4.79 Å². The van der Waals surface area contributed by atoms with E-state index >= 15 is 0 Å². The monoisotopic (exact) mass is 301 g/mol. The van der Waals surface area contributed by atoms with Crippen LogP contribution in [0.3, 0.4) is 0 Å². The van der Waals surface area contributed by atoms with Crippen LogP contribution >= 0.6 is 15.9 Å². The van der Waals surface area contributed by atoms with E-state index in [0.717, 1.165) is 10.0 Å². The summed E-state index contributed by atoms with van der Waals surface area (Å²) in [6.07, 6.45) is 3.36. The third-order valence-corrected chi connectivity index (χ3v) is 2.96. The van der Waals surface area contributed by atoms with Crippen LogP contribution in [0.25, 0.3) is 6.08 Å². The second kappa shape index (κ2) is 5.65. The molecule has 0 spiro atoms. The molecule has 0 heterocycles. The Morgan fingerprint density at radius 1 is 1.11 bits per heavy atom. The molecule has 0 radical (unpaired) electrons. The Bertz CT molecular complexity index is 588. The molecule has 0 saturated carbocycles. The molecule has 90 valence electrons. The van der Waals surface area contributed by atoms with Crippen LogP contribution in [-0.2, 0) is 0 Å². The van der Waals surface area contributed by atoms with E-state index in [2.05, 4.69) is 15.9 Å². The Morgan fingerprint density at radius 3 is 2.50 bits per heavy atom. The first kappa shape index (κ1) is 12.6. The summed E-state index contributed by atoms with van der Waals surface area (Å²) in [6, 6.07) is 14.7. The molecule has 2 aromatic carbocycles. The maximum absolute atomic E-state index is 11.9. The van der Waals surface area contributed by atoms with E-state index in [1.807, 2.05) is 24.3 Å². The van der Waals surface area contributed by atoms with Crippen LogP contribution in [0.4, 0.5) is 5.69 Å². The molecule has 0 atom stereocenters. The number of benzene rings is 2. The Hall–Kier alpha value is -1.87. The molecule has 3 heteroatoms. The normalized spacial score (nSPS) is 10.7. The zero-order valence-electron chi connectivity index (χ0n) is 9.64. The van der Waals surface area contributed by atoms with Crippen LogP contribution in [0.5, 0.6) is 0 Å². The fraction of sp³-hybridized carbons (Fsp3) is 0. The predicted molar refractivity (Wildman–Crippen MR) is 78.4 cm³/mol. The molecule has 2 rings (SSSR count). The molecule has 0 saturated heterocycles. The number of allylic oxidation sites excluding steroid dienone is 1. The Morgan fingerprint density at radius 2 is 1.83 bits per heavy atom. The Kier molecular flexibility index (Phi) is 3.95. The molecular weight excluding hydrogens is 290 g/mol. The summed E-state index contributed by atoms with van der Waals surface area (Å²) < 4.78 is 0.990. The molecule has 0 aliphatic rings. The van der Waals surface area contributed by atoms with Crippen LogP contribution < -0.4 is 5.73 Å². The van der Waals surface area contributed by atoms with Gasteiger partial charge in [0.1, 0.15) is 0 Å². The summed E-state index contributed by atoms with van der Waals surface area (Å²) >= 11 is 3.39. The lowest BCUT2D eigenvalue weighted by molar-refractivity contribution is 0.104. The van der Waals surface area contributed by atoms with Gasteiger partial charge in [0.2, 0.25) is 0 Å². The van der Waals surface area contributed by atoms with Gasteiger partial charge < -0.3 is 5.73 Å². The second-order valence-corrected chi connectivity index (χ2v) is 4.79. The van der Waals surface area contributed by atoms with Crippen molar-refractivity contribution in [2.75, 3.05) is 5.73 Å². The zero-order valence-corrected chi connectivity index (χ0v) is 11.2. The maximum Gasteiger partial charge on any atom is 0.185 e. The van der Waals surface area contributed by atoms with Gasteiger partial charge in [0.25, 0.3) is 0 Å². The average Bonchev–Trinajstić information content (AvgIpc) is 2.37. The Balaban J connectivity index is 2.14. The lowest BCUT2D eigenvalue weighted by Crippen LogP contribution is -1.94. The van der Waals surface area contributed by atoms with Crippen molar-refractivity contribution in [1.29, 1.82) is 0 Å². The lowest BCUT2D eigenvalue weighted by atomic mass is 10.1. The first-order valence-electron chi connectivity index (χ1n) is 5.49. The molecule has 0 unspecified atom stereocenters. The average molecular weight is 302 g/mol. The number of nitrogen functional groups attached to an aromatic ring is 1. The topological polar surface area (TPSA) is 43.1 Å². The van der Waals surface area contributed by atoms with Crippen molar-refractivity contribution in [3.63, 3.8) is 0 Å². The van der Waals surface area contributed by atoms with Gasteiger partial charge >= 0.3 is 0 Å². The zero-order chi connectivity index (χ0) is 13.0. The highest BCUT2D eigenvalue weighted by atomic mass is 79.9. The van der Waals surface area contributed by atoms with E-state index in [0.29, 0.717) is 11.3 Å². The number of nitrogens with two attached hydrogens (primary N) is 1. The van der Waals surface area contributed by atoms with Gasteiger partial charge in [0, 0.05) is 15.7 Å². The van der Waals surface area contributed by atoms with E-state index in [1.165, 1.54) is 0 Å². The first-order valence-corrected chi connectivity index (χ1v) is 6.28. The van der Waals surface area contributed by atoms with E-state index in [-0.39, 0.29) is 5.78 Å². The molecule has 2 N–H and O–H groups in total. The predicted octanol–water partition coefficient (Wildman–Crippen LogP) is 3.93. The van der Waals surface area contributed by atoms with Gasteiger partial charge in [0.05, 0.1) is 0 Å². The van der Waals surface area contributed by atoms with Gasteiger partial charge in [-0.15, -0.1) is 0 Å². The lowest BCUT2D eigenvalue weighted by Gasteiger charge is -1.97. The van der Waals surface area contributed by atoms with Crippen LogP contribution in [-0.4, -0.2) is 5.78 Å². The number of carbonyl (C=O) groups is 1. The summed E-state index contributed by atoms with van der Waals surface area (Å²) in [5.74, 6) is -0.0324.